The van der Waals surface area contributed by atoms with Crippen LogP contribution in [0.25, 0.3) is 0 Å². The van der Waals surface area contributed by atoms with Crippen LogP contribution in [0.4, 0.5) is 5.69 Å². The standard InChI is InChI=1S/C12H15N3O2/c1-8-6-11(17)15(7-16)14-12(8)9-2-4-10(13)5-3-9/h2-5,8,16H,6-7,13H2,1H3/t8-/m1/s1. The van der Waals surface area contributed by atoms with E-state index in [4.69, 9.17) is 10.8 Å². The third-order valence-electron chi connectivity index (χ3n) is 2.80. The lowest BCUT2D eigenvalue weighted by Crippen LogP contribution is -2.36. The van der Waals surface area contributed by atoms with Crippen LogP contribution < -0.4 is 5.73 Å². The minimum atomic E-state index is -0.385. The summed E-state index contributed by atoms with van der Waals surface area (Å²) in [6.07, 6.45) is 0.365. The zero-order chi connectivity index (χ0) is 12.4. The zero-order valence-electron chi connectivity index (χ0n) is 9.63. The van der Waals surface area contributed by atoms with Gasteiger partial charge in [-0.15, -0.1) is 0 Å². The highest BCUT2D eigenvalue weighted by Crippen LogP contribution is 2.21. The van der Waals surface area contributed by atoms with Crippen LogP contribution in [-0.2, 0) is 4.79 Å². The number of nitrogens with two attached hydrogens (primary N) is 1. The first-order valence-electron chi connectivity index (χ1n) is 5.47. The highest BCUT2D eigenvalue weighted by molar-refractivity contribution is 6.05. The van der Waals surface area contributed by atoms with Crippen LogP contribution in [0.3, 0.4) is 0 Å². The van der Waals surface area contributed by atoms with Crippen molar-refractivity contribution in [1.82, 2.24) is 5.01 Å². The van der Waals surface area contributed by atoms with Gasteiger partial charge in [0.15, 0.2) is 0 Å². The van der Waals surface area contributed by atoms with Crippen LogP contribution >= 0.6 is 0 Å². The van der Waals surface area contributed by atoms with Gasteiger partial charge in [0.1, 0.15) is 6.73 Å². The molecule has 0 aliphatic carbocycles. The van der Waals surface area contributed by atoms with Crippen LogP contribution in [-0.4, -0.2) is 28.5 Å². The molecule has 5 heteroatoms. The Kier molecular flexibility index (Phi) is 3.10. The van der Waals surface area contributed by atoms with E-state index < -0.39 is 0 Å². The van der Waals surface area contributed by atoms with Crippen LogP contribution in [0.1, 0.15) is 18.9 Å². The van der Waals surface area contributed by atoms with Gasteiger partial charge < -0.3 is 10.8 Å². The number of carbonyl (C=O) groups excluding carboxylic acids is 1. The molecule has 1 heterocycles. The minimum absolute atomic E-state index is 0.0499. The molecule has 90 valence electrons. The molecule has 3 N–H and O–H groups in total. The molecule has 1 aromatic carbocycles. The molecular formula is C12H15N3O2. The number of carbonyl (C=O) groups is 1. The van der Waals surface area contributed by atoms with E-state index in [1.807, 2.05) is 19.1 Å². The summed E-state index contributed by atoms with van der Waals surface area (Å²) in [6.45, 7) is 1.56. The quantitative estimate of drug-likeness (QED) is 0.741. The molecule has 5 nitrogen and oxygen atoms in total. The molecule has 0 saturated carbocycles. The van der Waals surface area contributed by atoms with Gasteiger partial charge in [0.05, 0.1) is 5.71 Å². The van der Waals surface area contributed by atoms with Gasteiger partial charge in [-0.05, 0) is 17.7 Å². The second-order valence-electron chi connectivity index (χ2n) is 4.15. The number of aliphatic hydroxyl groups excluding tert-OH is 1. The Balaban J connectivity index is 2.36. The van der Waals surface area contributed by atoms with E-state index in [1.54, 1.807) is 12.1 Å². The molecule has 0 radical (unpaired) electrons. The van der Waals surface area contributed by atoms with Crippen molar-refractivity contribution in [3.05, 3.63) is 29.8 Å². The summed E-state index contributed by atoms with van der Waals surface area (Å²) >= 11 is 0. The molecule has 1 amide bonds. The first-order valence-corrected chi connectivity index (χ1v) is 5.47. The second-order valence-corrected chi connectivity index (χ2v) is 4.15. The molecule has 0 bridgehead atoms. The summed E-state index contributed by atoms with van der Waals surface area (Å²) in [4.78, 5) is 11.5. The molecule has 1 aliphatic heterocycles. The molecule has 0 aromatic heterocycles. The van der Waals surface area contributed by atoms with Crippen molar-refractivity contribution in [2.45, 2.75) is 13.3 Å². The average molecular weight is 233 g/mol. The summed E-state index contributed by atoms with van der Waals surface area (Å²) in [6, 6.07) is 7.33. The van der Waals surface area contributed by atoms with Crippen molar-refractivity contribution in [3.63, 3.8) is 0 Å². The third-order valence-corrected chi connectivity index (χ3v) is 2.80. The maximum Gasteiger partial charge on any atom is 0.245 e. The predicted octanol–water partition coefficient (Wildman–Crippen LogP) is 0.791. The lowest BCUT2D eigenvalue weighted by Gasteiger charge is -2.26. The van der Waals surface area contributed by atoms with Gasteiger partial charge in [0.25, 0.3) is 0 Å². The Labute approximate surface area is 99.5 Å². The van der Waals surface area contributed by atoms with E-state index >= 15 is 0 Å². The topological polar surface area (TPSA) is 78.9 Å². The molecule has 1 aliphatic rings. The van der Waals surface area contributed by atoms with E-state index in [0.717, 1.165) is 16.3 Å². The first kappa shape index (κ1) is 11.6. The van der Waals surface area contributed by atoms with Gasteiger partial charge in [0.2, 0.25) is 5.91 Å². The fraction of sp³-hybridized carbons (Fsp3) is 0.333. The SMILES string of the molecule is C[C@@H]1CC(=O)N(CO)N=C1c1ccc(N)cc1. The Morgan fingerprint density at radius 2 is 2.12 bits per heavy atom. The first-order chi connectivity index (χ1) is 8.11. The van der Waals surface area contributed by atoms with E-state index in [0.29, 0.717) is 12.1 Å². The molecule has 2 rings (SSSR count). The molecule has 1 aromatic rings. The summed E-state index contributed by atoms with van der Waals surface area (Å²) in [5, 5.41) is 14.3. The normalized spacial score (nSPS) is 20.4. The van der Waals surface area contributed by atoms with Crippen molar-refractivity contribution in [1.29, 1.82) is 0 Å². The van der Waals surface area contributed by atoms with E-state index in [2.05, 4.69) is 5.10 Å². The number of hydrogen-bond acceptors (Lipinski definition) is 4. The van der Waals surface area contributed by atoms with Gasteiger partial charge in [-0.25, -0.2) is 5.01 Å². The van der Waals surface area contributed by atoms with E-state index in [9.17, 15) is 4.79 Å². The summed E-state index contributed by atoms with van der Waals surface area (Å²) < 4.78 is 0. The van der Waals surface area contributed by atoms with Crippen molar-refractivity contribution in [3.8, 4) is 0 Å². The number of rotatable bonds is 2. The number of aliphatic hydroxyl groups is 1. The Morgan fingerprint density at radius 1 is 1.47 bits per heavy atom. The van der Waals surface area contributed by atoms with Crippen molar-refractivity contribution < 1.29 is 9.90 Å². The smallest absolute Gasteiger partial charge is 0.245 e. The molecular weight excluding hydrogens is 218 g/mol. The summed E-state index contributed by atoms with van der Waals surface area (Å²) in [7, 11) is 0. The van der Waals surface area contributed by atoms with Crippen molar-refractivity contribution >= 4 is 17.3 Å². The monoisotopic (exact) mass is 233 g/mol. The number of hydrazone groups is 1. The molecule has 0 spiro atoms. The third kappa shape index (κ3) is 2.29. The highest BCUT2D eigenvalue weighted by atomic mass is 16.3. The van der Waals surface area contributed by atoms with Crippen LogP contribution in [0, 0.1) is 5.92 Å². The number of nitrogen functional groups attached to an aromatic ring is 1. The fourth-order valence-corrected chi connectivity index (χ4v) is 1.85. The fourth-order valence-electron chi connectivity index (χ4n) is 1.85. The zero-order valence-corrected chi connectivity index (χ0v) is 9.63. The Morgan fingerprint density at radius 3 is 2.71 bits per heavy atom. The van der Waals surface area contributed by atoms with Gasteiger partial charge in [-0.1, -0.05) is 19.1 Å². The summed E-state index contributed by atoms with van der Waals surface area (Å²) in [5.41, 5.74) is 8.04. The Hall–Kier alpha value is -1.88. The molecule has 1 atom stereocenters. The maximum absolute atomic E-state index is 11.5. The summed E-state index contributed by atoms with van der Waals surface area (Å²) in [5.74, 6) is -0.104. The predicted molar refractivity (Wildman–Crippen MR) is 65.1 cm³/mol. The van der Waals surface area contributed by atoms with E-state index in [-0.39, 0.29) is 18.6 Å². The van der Waals surface area contributed by atoms with Crippen LogP contribution in [0.2, 0.25) is 0 Å². The minimum Gasteiger partial charge on any atom is -0.399 e. The van der Waals surface area contributed by atoms with Crippen LogP contribution in [0.5, 0.6) is 0 Å². The van der Waals surface area contributed by atoms with Gasteiger partial charge in [-0.2, -0.15) is 5.10 Å². The molecule has 0 fully saturated rings. The van der Waals surface area contributed by atoms with Gasteiger partial charge in [-0.3, -0.25) is 4.79 Å². The van der Waals surface area contributed by atoms with Crippen LogP contribution in [0.15, 0.2) is 29.4 Å². The van der Waals surface area contributed by atoms with Crippen molar-refractivity contribution in [2.75, 3.05) is 12.5 Å². The number of hydrogen-bond donors (Lipinski definition) is 2. The number of nitrogens with zero attached hydrogens (tertiary/aromatic N) is 2. The Bertz CT molecular complexity index is 453. The number of anilines is 1. The average Bonchev–Trinajstić information content (AvgIpc) is 2.31. The lowest BCUT2D eigenvalue weighted by atomic mass is 9.94. The largest absolute Gasteiger partial charge is 0.399 e. The maximum atomic E-state index is 11.5. The molecule has 0 unspecified atom stereocenters. The van der Waals surface area contributed by atoms with E-state index in [1.165, 1.54) is 0 Å². The highest BCUT2D eigenvalue weighted by Gasteiger charge is 2.26. The second kappa shape index (κ2) is 4.55. The lowest BCUT2D eigenvalue weighted by molar-refractivity contribution is -0.136. The van der Waals surface area contributed by atoms with Crippen molar-refractivity contribution in [2.24, 2.45) is 11.0 Å². The van der Waals surface area contributed by atoms with Gasteiger partial charge in [0, 0.05) is 18.0 Å². The molecule has 0 saturated heterocycles. The molecule has 17 heavy (non-hydrogen) atoms. The van der Waals surface area contributed by atoms with Gasteiger partial charge >= 0.3 is 0 Å². The number of benzene rings is 1. The number of amides is 1.